The normalized spacial score (nSPS) is 12.4. The van der Waals surface area contributed by atoms with Crippen molar-refractivity contribution in [1.29, 1.82) is 0 Å². The summed E-state index contributed by atoms with van der Waals surface area (Å²) < 4.78 is 16.8. The summed E-state index contributed by atoms with van der Waals surface area (Å²) in [5, 5.41) is 0. The predicted molar refractivity (Wildman–Crippen MR) is 275 cm³/mol. The molecule has 0 aliphatic carbocycles. The van der Waals surface area contributed by atoms with Crippen LogP contribution in [0.5, 0.6) is 0 Å². The Labute approximate surface area is 397 Å². The molecule has 0 radical (unpaired) electrons. The van der Waals surface area contributed by atoms with E-state index < -0.39 is 6.10 Å². The van der Waals surface area contributed by atoms with Crippen molar-refractivity contribution in [3.05, 3.63) is 48.6 Å². The fraction of sp³-hybridized carbons (Fsp3) is 0.810. The quantitative estimate of drug-likeness (QED) is 0.0262. The number of rotatable bonds is 50. The number of allylic oxidation sites excluding steroid dienone is 8. The molecule has 6 heteroatoms. The summed E-state index contributed by atoms with van der Waals surface area (Å²) in [5.41, 5.74) is 0. The molecule has 0 aromatic carbocycles. The van der Waals surface area contributed by atoms with Gasteiger partial charge in [-0.2, -0.15) is 0 Å². The third kappa shape index (κ3) is 50.4. The summed E-state index contributed by atoms with van der Waals surface area (Å²) >= 11 is 0. The maximum absolute atomic E-state index is 12.8. The van der Waals surface area contributed by atoms with Gasteiger partial charge in [0.1, 0.15) is 13.2 Å². The highest BCUT2D eigenvalue weighted by atomic mass is 16.6. The second-order valence-electron chi connectivity index (χ2n) is 18.5. The molecule has 0 rings (SSSR count). The van der Waals surface area contributed by atoms with E-state index in [1.54, 1.807) is 0 Å². The van der Waals surface area contributed by atoms with E-state index in [4.69, 9.17) is 14.2 Å². The first kappa shape index (κ1) is 61.4. The summed E-state index contributed by atoms with van der Waals surface area (Å²) in [6, 6.07) is 0. The second-order valence-corrected chi connectivity index (χ2v) is 18.5. The molecule has 0 spiro atoms. The van der Waals surface area contributed by atoms with Gasteiger partial charge in [0.15, 0.2) is 6.10 Å². The molecule has 0 bridgehead atoms. The largest absolute Gasteiger partial charge is 0.462 e. The van der Waals surface area contributed by atoms with E-state index in [0.29, 0.717) is 19.3 Å². The zero-order chi connectivity index (χ0) is 46.5. The lowest BCUT2D eigenvalue weighted by molar-refractivity contribution is -0.167. The molecule has 0 unspecified atom stereocenters. The lowest BCUT2D eigenvalue weighted by Crippen LogP contribution is -2.30. The zero-order valence-electron chi connectivity index (χ0n) is 42.6. The topological polar surface area (TPSA) is 78.9 Å². The third-order valence-electron chi connectivity index (χ3n) is 12.1. The van der Waals surface area contributed by atoms with Crippen molar-refractivity contribution in [2.24, 2.45) is 0 Å². The Morgan fingerprint density at radius 2 is 0.562 bits per heavy atom. The van der Waals surface area contributed by atoms with Crippen LogP contribution in [0.1, 0.15) is 284 Å². The van der Waals surface area contributed by atoms with Gasteiger partial charge in [-0.15, -0.1) is 0 Å². The third-order valence-corrected chi connectivity index (χ3v) is 12.1. The molecular formula is C58H104O6. The van der Waals surface area contributed by atoms with Crippen LogP contribution in [0.2, 0.25) is 0 Å². The van der Waals surface area contributed by atoms with Gasteiger partial charge in [-0.1, -0.05) is 230 Å². The van der Waals surface area contributed by atoms with E-state index in [1.165, 1.54) is 167 Å². The van der Waals surface area contributed by atoms with Crippen molar-refractivity contribution >= 4 is 17.9 Å². The monoisotopic (exact) mass is 897 g/mol. The Morgan fingerprint density at radius 3 is 0.953 bits per heavy atom. The minimum absolute atomic E-state index is 0.0883. The molecule has 0 aliphatic heterocycles. The number of ether oxygens (including phenoxy) is 3. The maximum atomic E-state index is 12.8. The van der Waals surface area contributed by atoms with Gasteiger partial charge in [-0.25, -0.2) is 0 Å². The van der Waals surface area contributed by atoms with Crippen molar-refractivity contribution in [2.75, 3.05) is 13.2 Å². The molecule has 0 saturated carbocycles. The fourth-order valence-electron chi connectivity index (χ4n) is 7.86. The molecule has 0 aromatic rings. The minimum atomic E-state index is -0.793. The van der Waals surface area contributed by atoms with Crippen molar-refractivity contribution < 1.29 is 28.6 Å². The van der Waals surface area contributed by atoms with Gasteiger partial charge >= 0.3 is 17.9 Å². The van der Waals surface area contributed by atoms with Crippen LogP contribution in [0.15, 0.2) is 48.6 Å². The summed E-state index contributed by atoms with van der Waals surface area (Å²) in [5.74, 6) is -0.924. The fourth-order valence-corrected chi connectivity index (χ4v) is 7.86. The van der Waals surface area contributed by atoms with Gasteiger partial charge in [0, 0.05) is 19.3 Å². The van der Waals surface area contributed by atoms with Gasteiger partial charge in [0.25, 0.3) is 0 Å². The molecule has 1 atom stereocenters. The van der Waals surface area contributed by atoms with E-state index >= 15 is 0 Å². The Bertz CT molecular complexity index is 1120. The van der Waals surface area contributed by atoms with Crippen molar-refractivity contribution in [1.82, 2.24) is 0 Å². The molecule has 6 nitrogen and oxygen atoms in total. The van der Waals surface area contributed by atoms with Crippen molar-refractivity contribution in [3.63, 3.8) is 0 Å². The predicted octanol–water partition coefficient (Wildman–Crippen LogP) is 18.3. The Morgan fingerprint density at radius 1 is 0.312 bits per heavy atom. The van der Waals surface area contributed by atoms with E-state index in [0.717, 1.165) is 70.6 Å². The van der Waals surface area contributed by atoms with Crippen LogP contribution in [0.4, 0.5) is 0 Å². The molecule has 0 amide bonds. The van der Waals surface area contributed by atoms with E-state index in [1.807, 2.05) is 0 Å². The van der Waals surface area contributed by atoms with Crippen LogP contribution < -0.4 is 0 Å². The number of carbonyl (C=O) groups is 3. The van der Waals surface area contributed by atoms with E-state index in [-0.39, 0.29) is 37.5 Å². The summed E-state index contributed by atoms with van der Waals surface area (Å²) in [6.07, 6.45) is 63.8. The Kier molecular flexibility index (Phi) is 50.8. The first-order chi connectivity index (χ1) is 31.5. The molecule has 64 heavy (non-hydrogen) atoms. The summed E-state index contributed by atoms with van der Waals surface area (Å²) in [6.45, 7) is 6.59. The number of hydrogen-bond donors (Lipinski definition) is 0. The number of esters is 3. The second kappa shape index (κ2) is 53.0. The average molecular weight is 897 g/mol. The lowest BCUT2D eigenvalue weighted by atomic mass is 10.0. The van der Waals surface area contributed by atoms with Crippen LogP contribution in [0.3, 0.4) is 0 Å². The molecular weight excluding hydrogens is 793 g/mol. The summed E-state index contributed by atoms with van der Waals surface area (Å²) in [7, 11) is 0. The smallest absolute Gasteiger partial charge is 0.306 e. The highest BCUT2D eigenvalue weighted by Gasteiger charge is 2.19. The molecule has 0 saturated heterocycles. The number of carbonyl (C=O) groups excluding carboxylic acids is 3. The van der Waals surface area contributed by atoms with Gasteiger partial charge in [0.2, 0.25) is 0 Å². The molecule has 0 aromatic heterocycles. The first-order valence-electron chi connectivity index (χ1n) is 27.6. The average Bonchev–Trinajstić information content (AvgIpc) is 3.29. The summed E-state index contributed by atoms with van der Waals surface area (Å²) in [4.78, 5) is 38.0. The maximum Gasteiger partial charge on any atom is 0.306 e. The van der Waals surface area contributed by atoms with Crippen LogP contribution in [-0.2, 0) is 28.6 Å². The van der Waals surface area contributed by atoms with Crippen molar-refractivity contribution in [2.45, 2.75) is 290 Å². The van der Waals surface area contributed by atoms with Crippen LogP contribution in [0.25, 0.3) is 0 Å². The molecule has 372 valence electrons. The molecule has 0 N–H and O–H groups in total. The Balaban J connectivity index is 4.42. The van der Waals surface area contributed by atoms with Gasteiger partial charge in [0.05, 0.1) is 0 Å². The van der Waals surface area contributed by atoms with Gasteiger partial charge in [-0.3, -0.25) is 14.4 Å². The van der Waals surface area contributed by atoms with Crippen LogP contribution >= 0.6 is 0 Å². The van der Waals surface area contributed by atoms with Crippen LogP contribution in [-0.4, -0.2) is 37.2 Å². The van der Waals surface area contributed by atoms with Gasteiger partial charge in [-0.05, 0) is 83.5 Å². The first-order valence-corrected chi connectivity index (χ1v) is 27.6. The van der Waals surface area contributed by atoms with E-state index in [9.17, 15) is 14.4 Å². The highest BCUT2D eigenvalue weighted by molar-refractivity contribution is 5.71. The lowest BCUT2D eigenvalue weighted by Gasteiger charge is -2.18. The molecule has 0 heterocycles. The van der Waals surface area contributed by atoms with E-state index in [2.05, 4.69) is 69.4 Å². The minimum Gasteiger partial charge on any atom is -0.462 e. The SMILES string of the molecule is CCCCC/C=C\C/C=C\C/C=C\CCCCC(=O)O[C@H](COC(=O)CCCCCCC/C=C\CCCCCCCC)COC(=O)CCCCCCCCCCCCCCCCCC. The molecule has 0 aliphatic rings. The van der Waals surface area contributed by atoms with Gasteiger partial charge < -0.3 is 14.2 Å². The number of hydrogen-bond acceptors (Lipinski definition) is 6. The highest BCUT2D eigenvalue weighted by Crippen LogP contribution is 2.16. The van der Waals surface area contributed by atoms with Crippen molar-refractivity contribution in [3.8, 4) is 0 Å². The number of unbranched alkanes of at least 4 members (excludes halogenated alkanes) is 31. The van der Waals surface area contributed by atoms with Crippen LogP contribution in [0, 0.1) is 0 Å². The zero-order valence-corrected chi connectivity index (χ0v) is 42.6. The molecule has 0 fully saturated rings. The Hall–Kier alpha value is -2.63. The standard InChI is InChI=1S/C58H104O6/c1-4-7-10-13-16-19-22-25-28-31-33-36-39-42-45-48-51-57(60)63-54-55(64-58(61)52-49-46-43-40-37-34-30-27-24-21-18-15-12-9-6-3)53-62-56(59)50-47-44-41-38-35-32-29-26-23-20-17-14-11-8-5-2/h18,21,26-27,29-30,37,40,55H,4-17,19-20,22-25,28,31-36,38-39,41-54H2,1-3H3/b21-18-,29-26-,30-27-,40-37-/t55-/m1/s1.